The van der Waals surface area contributed by atoms with Crippen molar-refractivity contribution >= 4 is 17.7 Å². The Morgan fingerprint density at radius 2 is 1.90 bits per heavy atom. The zero-order valence-corrected chi connectivity index (χ0v) is 13.5. The summed E-state index contributed by atoms with van der Waals surface area (Å²) in [5.74, 6) is -1.53. The highest BCUT2D eigenvalue weighted by Gasteiger charge is 2.27. The molecular formula is C15H21F2NO2S. The number of thioether (sulfide) groups is 1. The van der Waals surface area contributed by atoms with Gasteiger partial charge in [-0.25, -0.2) is 8.78 Å². The van der Waals surface area contributed by atoms with Crippen LogP contribution in [0.15, 0.2) is 18.2 Å². The van der Waals surface area contributed by atoms with Gasteiger partial charge in [-0.1, -0.05) is 26.8 Å². The quantitative estimate of drug-likeness (QED) is 0.878. The zero-order valence-electron chi connectivity index (χ0n) is 12.7. The first kappa shape index (κ1) is 17.9. The number of nitrogens with one attached hydrogen (secondary N) is 1. The molecule has 3 nitrogen and oxygen atoms in total. The Hall–Kier alpha value is -1.14. The molecule has 0 spiro atoms. The van der Waals surface area contributed by atoms with E-state index in [0.717, 1.165) is 6.07 Å². The SMILES string of the molecule is CC(C)(C)SCC(=O)NC[C@](C)(O)c1ccc(F)cc1F. The maximum Gasteiger partial charge on any atom is 0.230 e. The number of aliphatic hydroxyl groups is 1. The lowest BCUT2D eigenvalue weighted by atomic mass is 9.95. The maximum atomic E-state index is 13.7. The van der Waals surface area contributed by atoms with E-state index in [1.54, 1.807) is 0 Å². The molecule has 0 saturated heterocycles. The van der Waals surface area contributed by atoms with Gasteiger partial charge in [0.05, 0.1) is 12.3 Å². The molecule has 0 fully saturated rings. The van der Waals surface area contributed by atoms with Crippen molar-refractivity contribution in [3.05, 3.63) is 35.4 Å². The average molecular weight is 317 g/mol. The number of rotatable bonds is 5. The van der Waals surface area contributed by atoms with Gasteiger partial charge in [-0.2, -0.15) is 0 Å². The first-order valence-electron chi connectivity index (χ1n) is 6.60. The topological polar surface area (TPSA) is 49.3 Å². The lowest BCUT2D eigenvalue weighted by Gasteiger charge is -2.25. The average Bonchev–Trinajstić information content (AvgIpc) is 2.32. The van der Waals surface area contributed by atoms with Crippen molar-refractivity contribution in [1.82, 2.24) is 5.32 Å². The fourth-order valence-corrected chi connectivity index (χ4v) is 2.29. The van der Waals surface area contributed by atoms with Crippen molar-refractivity contribution in [1.29, 1.82) is 0 Å². The molecule has 0 heterocycles. The molecule has 0 aromatic heterocycles. The van der Waals surface area contributed by atoms with Crippen molar-refractivity contribution in [3.8, 4) is 0 Å². The Kier molecular flexibility index (Phi) is 5.75. The Morgan fingerprint density at radius 3 is 2.43 bits per heavy atom. The number of carbonyl (C=O) groups excluding carboxylic acids is 1. The first-order valence-corrected chi connectivity index (χ1v) is 7.58. The summed E-state index contributed by atoms with van der Waals surface area (Å²) in [4.78, 5) is 11.7. The highest BCUT2D eigenvalue weighted by Crippen LogP contribution is 2.24. The maximum absolute atomic E-state index is 13.7. The predicted octanol–water partition coefficient (Wildman–Crippen LogP) is 2.82. The van der Waals surface area contributed by atoms with Crippen molar-refractivity contribution in [2.75, 3.05) is 12.3 Å². The fraction of sp³-hybridized carbons (Fsp3) is 0.533. The minimum atomic E-state index is -1.60. The van der Waals surface area contributed by atoms with E-state index in [9.17, 15) is 18.7 Å². The number of benzene rings is 1. The van der Waals surface area contributed by atoms with Crippen LogP contribution >= 0.6 is 11.8 Å². The Bertz CT molecular complexity index is 513. The van der Waals surface area contributed by atoms with E-state index in [0.29, 0.717) is 6.07 Å². The second-order valence-electron chi connectivity index (χ2n) is 6.08. The molecule has 1 amide bonds. The summed E-state index contributed by atoms with van der Waals surface area (Å²) < 4.78 is 26.5. The Balaban J connectivity index is 2.62. The van der Waals surface area contributed by atoms with Crippen LogP contribution in [0.4, 0.5) is 8.78 Å². The van der Waals surface area contributed by atoms with E-state index in [-0.39, 0.29) is 28.5 Å². The molecule has 1 rings (SSSR count). The van der Waals surface area contributed by atoms with Crippen LogP contribution in [-0.4, -0.2) is 28.1 Å². The van der Waals surface area contributed by atoms with Crippen LogP contribution in [0.2, 0.25) is 0 Å². The largest absolute Gasteiger partial charge is 0.383 e. The molecule has 1 atom stereocenters. The molecule has 0 unspecified atom stereocenters. The van der Waals surface area contributed by atoms with E-state index in [1.165, 1.54) is 24.8 Å². The van der Waals surface area contributed by atoms with Crippen molar-refractivity contribution < 1.29 is 18.7 Å². The summed E-state index contributed by atoms with van der Waals surface area (Å²) in [7, 11) is 0. The standard InChI is InChI=1S/C15H21F2NO2S/c1-14(2,3)21-8-13(19)18-9-15(4,20)11-6-5-10(16)7-12(11)17/h5-7,20H,8-9H2,1-4H3,(H,18,19)/t15-/m0/s1. The first-order chi connectivity index (χ1) is 9.51. The van der Waals surface area contributed by atoms with Crippen molar-refractivity contribution in [2.24, 2.45) is 0 Å². The van der Waals surface area contributed by atoms with E-state index in [4.69, 9.17) is 0 Å². The monoisotopic (exact) mass is 317 g/mol. The van der Waals surface area contributed by atoms with Gasteiger partial charge < -0.3 is 10.4 Å². The summed E-state index contributed by atoms with van der Waals surface area (Å²) in [5.41, 5.74) is -1.65. The lowest BCUT2D eigenvalue weighted by Crippen LogP contribution is -2.40. The van der Waals surface area contributed by atoms with Crippen molar-refractivity contribution in [2.45, 2.75) is 38.0 Å². The number of amides is 1. The van der Waals surface area contributed by atoms with Gasteiger partial charge in [0, 0.05) is 16.4 Å². The van der Waals surface area contributed by atoms with Crippen LogP contribution in [-0.2, 0) is 10.4 Å². The van der Waals surface area contributed by atoms with Gasteiger partial charge in [0.1, 0.15) is 17.2 Å². The van der Waals surface area contributed by atoms with Crippen molar-refractivity contribution in [3.63, 3.8) is 0 Å². The fourth-order valence-electron chi connectivity index (χ4n) is 1.63. The molecule has 0 radical (unpaired) electrons. The Labute approximate surface area is 128 Å². The molecule has 2 N–H and O–H groups in total. The second-order valence-corrected chi connectivity index (χ2v) is 7.88. The Morgan fingerprint density at radius 1 is 1.29 bits per heavy atom. The van der Waals surface area contributed by atoms with Gasteiger partial charge >= 0.3 is 0 Å². The van der Waals surface area contributed by atoms with E-state index >= 15 is 0 Å². The van der Waals surface area contributed by atoms with Gasteiger partial charge in [-0.05, 0) is 13.0 Å². The number of halogens is 2. The van der Waals surface area contributed by atoms with Gasteiger partial charge in [0.2, 0.25) is 5.91 Å². The molecular weight excluding hydrogens is 296 g/mol. The molecule has 21 heavy (non-hydrogen) atoms. The van der Waals surface area contributed by atoms with E-state index in [1.807, 2.05) is 20.8 Å². The smallest absolute Gasteiger partial charge is 0.230 e. The van der Waals surface area contributed by atoms with Crippen LogP contribution in [0.3, 0.4) is 0 Å². The molecule has 0 saturated carbocycles. The molecule has 0 bridgehead atoms. The second kappa shape index (κ2) is 6.75. The van der Waals surface area contributed by atoms with Crippen LogP contribution in [0.1, 0.15) is 33.3 Å². The molecule has 1 aromatic carbocycles. The van der Waals surface area contributed by atoms with Crippen LogP contribution in [0.25, 0.3) is 0 Å². The number of hydrogen-bond donors (Lipinski definition) is 2. The molecule has 0 aliphatic rings. The highest BCUT2D eigenvalue weighted by atomic mass is 32.2. The third kappa shape index (κ3) is 6.01. The third-order valence-corrected chi connectivity index (χ3v) is 4.05. The third-order valence-electron chi connectivity index (χ3n) is 2.78. The number of carbonyl (C=O) groups is 1. The van der Waals surface area contributed by atoms with E-state index < -0.39 is 17.2 Å². The lowest BCUT2D eigenvalue weighted by molar-refractivity contribution is -0.119. The summed E-state index contributed by atoms with van der Waals surface area (Å²) in [6, 6.07) is 2.96. The van der Waals surface area contributed by atoms with Gasteiger partial charge in [-0.15, -0.1) is 11.8 Å². The van der Waals surface area contributed by atoms with Gasteiger partial charge in [-0.3, -0.25) is 4.79 Å². The van der Waals surface area contributed by atoms with Gasteiger partial charge in [0.15, 0.2) is 0 Å². The van der Waals surface area contributed by atoms with E-state index in [2.05, 4.69) is 5.32 Å². The normalized spacial score (nSPS) is 14.6. The minimum Gasteiger partial charge on any atom is -0.383 e. The zero-order chi connectivity index (χ0) is 16.3. The summed E-state index contributed by atoms with van der Waals surface area (Å²) in [6.07, 6.45) is 0. The predicted molar refractivity (Wildman–Crippen MR) is 81.1 cm³/mol. The number of hydrogen-bond acceptors (Lipinski definition) is 3. The summed E-state index contributed by atoms with van der Waals surface area (Å²) >= 11 is 1.48. The molecule has 1 aromatic rings. The minimum absolute atomic E-state index is 0.0388. The molecule has 0 aliphatic heterocycles. The molecule has 118 valence electrons. The molecule has 0 aliphatic carbocycles. The van der Waals surface area contributed by atoms with Crippen LogP contribution in [0.5, 0.6) is 0 Å². The van der Waals surface area contributed by atoms with Crippen LogP contribution in [0, 0.1) is 11.6 Å². The van der Waals surface area contributed by atoms with Gasteiger partial charge in [0.25, 0.3) is 0 Å². The molecule has 6 heteroatoms. The van der Waals surface area contributed by atoms with Crippen LogP contribution < -0.4 is 5.32 Å². The summed E-state index contributed by atoms with van der Waals surface area (Å²) in [6.45, 7) is 7.22. The summed E-state index contributed by atoms with van der Waals surface area (Å²) in [5, 5.41) is 12.8. The highest BCUT2D eigenvalue weighted by molar-refractivity contribution is 8.01.